The number of pyridine rings is 1. The lowest BCUT2D eigenvalue weighted by molar-refractivity contribution is -0.136. The first-order valence-electron chi connectivity index (χ1n) is 5.19. The van der Waals surface area contributed by atoms with Crippen molar-refractivity contribution >= 4 is 5.97 Å². The van der Waals surface area contributed by atoms with Crippen LogP contribution in [0.4, 0.5) is 8.78 Å². The van der Waals surface area contributed by atoms with Crippen LogP contribution in [-0.2, 0) is 11.2 Å². The topological polar surface area (TPSA) is 50.2 Å². The van der Waals surface area contributed by atoms with Gasteiger partial charge >= 0.3 is 5.97 Å². The zero-order valence-corrected chi connectivity index (χ0v) is 9.23. The summed E-state index contributed by atoms with van der Waals surface area (Å²) in [7, 11) is 0. The molecule has 1 aromatic heterocycles. The standard InChI is InChI=1S/C13H9F2NO2/c14-9-5-8(6-12(17)18)13(16-7-9)10-3-1-2-4-11(10)15/h1-5,7H,6H2,(H,17,18). The van der Waals surface area contributed by atoms with E-state index in [1.807, 2.05) is 0 Å². The molecule has 0 aliphatic carbocycles. The summed E-state index contributed by atoms with van der Waals surface area (Å²) >= 11 is 0. The van der Waals surface area contributed by atoms with Crippen LogP contribution in [0.25, 0.3) is 11.3 Å². The van der Waals surface area contributed by atoms with Gasteiger partial charge in [0.25, 0.3) is 0 Å². The van der Waals surface area contributed by atoms with Crippen LogP contribution in [0.15, 0.2) is 36.5 Å². The number of aliphatic carboxylic acids is 1. The Morgan fingerprint density at radius 2 is 2.00 bits per heavy atom. The van der Waals surface area contributed by atoms with Gasteiger partial charge in [-0.05, 0) is 23.8 Å². The summed E-state index contributed by atoms with van der Waals surface area (Å²) in [4.78, 5) is 14.5. The number of aromatic nitrogens is 1. The van der Waals surface area contributed by atoms with E-state index in [0.29, 0.717) is 0 Å². The second-order valence-corrected chi connectivity index (χ2v) is 3.71. The molecule has 0 unspecified atom stereocenters. The SMILES string of the molecule is O=C(O)Cc1cc(F)cnc1-c1ccccc1F. The van der Waals surface area contributed by atoms with Crippen molar-refractivity contribution in [1.29, 1.82) is 0 Å². The average molecular weight is 249 g/mol. The Hall–Kier alpha value is -2.30. The van der Waals surface area contributed by atoms with E-state index in [9.17, 15) is 13.6 Å². The molecule has 0 fully saturated rings. The van der Waals surface area contributed by atoms with Gasteiger partial charge in [-0.25, -0.2) is 8.78 Å². The summed E-state index contributed by atoms with van der Waals surface area (Å²) < 4.78 is 26.7. The monoisotopic (exact) mass is 249 g/mol. The Labute approximate surface area is 102 Å². The molecule has 2 aromatic rings. The summed E-state index contributed by atoms with van der Waals surface area (Å²) in [6, 6.07) is 6.89. The predicted molar refractivity (Wildman–Crippen MR) is 60.9 cm³/mol. The minimum atomic E-state index is -1.13. The van der Waals surface area contributed by atoms with Crippen LogP contribution in [0.5, 0.6) is 0 Å². The van der Waals surface area contributed by atoms with Gasteiger partial charge in [0.1, 0.15) is 11.6 Å². The van der Waals surface area contributed by atoms with Gasteiger partial charge in [0.05, 0.1) is 18.3 Å². The second-order valence-electron chi connectivity index (χ2n) is 3.71. The Bertz CT molecular complexity index is 599. The van der Waals surface area contributed by atoms with Crippen LogP contribution in [0.2, 0.25) is 0 Å². The molecule has 0 bridgehead atoms. The molecule has 0 amide bonds. The van der Waals surface area contributed by atoms with Gasteiger partial charge in [-0.3, -0.25) is 9.78 Å². The van der Waals surface area contributed by atoms with Crippen molar-refractivity contribution in [3.05, 3.63) is 53.7 Å². The van der Waals surface area contributed by atoms with Crippen LogP contribution in [-0.4, -0.2) is 16.1 Å². The second kappa shape index (κ2) is 4.91. The van der Waals surface area contributed by atoms with Crippen molar-refractivity contribution < 1.29 is 18.7 Å². The maximum absolute atomic E-state index is 13.6. The minimum absolute atomic E-state index is 0.146. The minimum Gasteiger partial charge on any atom is -0.481 e. The molecule has 0 radical (unpaired) electrons. The maximum atomic E-state index is 13.6. The van der Waals surface area contributed by atoms with Crippen LogP contribution in [0.1, 0.15) is 5.56 Å². The molecule has 2 rings (SSSR count). The summed E-state index contributed by atoms with van der Waals surface area (Å²) in [5.41, 5.74) is 0.457. The van der Waals surface area contributed by atoms with Gasteiger partial charge in [0.2, 0.25) is 0 Å². The molecule has 92 valence electrons. The van der Waals surface area contributed by atoms with E-state index in [0.717, 1.165) is 12.3 Å². The van der Waals surface area contributed by atoms with E-state index in [1.165, 1.54) is 18.2 Å². The van der Waals surface area contributed by atoms with E-state index < -0.39 is 24.0 Å². The first-order valence-corrected chi connectivity index (χ1v) is 5.19. The van der Waals surface area contributed by atoms with Crippen molar-refractivity contribution in [2.24, 2.45) is 0 Å². The van der Waals surface area contributed by atoms with Gasteiger partial charge in [-0.2, -0.15) is 0 Å². The van der Waals surface area contributed by atoms with Crippen molar-refractivity contribution in [3.63, 3.8) is 0 Å². The van der Waals surface area contributed by atoms with Crippen LogP contribution in [0, 0.1) is 11.6 Å². The molecule has 0 aliphatic heterocycles. The summed E-state index contributed by atoms with van der Waals surface area (Å²) in [5, 5.41) is 8.75. The summed E-state index contributed by atoms with van der Waals surface area (Å²) in [6.45, 7) is 0. The summed E-state index contributed by atoms with van der Waals surface area (Å²) in [6.07, 6.45) is 0.529. The molecule has 3 nitrogen and oxygen atoms in total. The van der Waals surface area contributed by atoms with Crippen LogP contribution in [0.3, 0.4) is 0 Å². The van der Waals surface area contributed by atoms with Crippen LogP contribution >= 0.6 is 0 Å². The molecule has 0 aliphatic rings. The third-order valence-corrected chi connectivity index (χ3v) is 2.40. The van der Waals surface area contributed by atoms with E-state index in [4.69, 9.17) is 5.11 Å². The Balaban J connectivity index is 2.57. The summed E-state index contributed by atoms with van der Waals surface area (Å²) in [5.74, 6) is -2.30. The molecule has 0 saturated heterocycles. The normalized spacial score (nSPS) is 10.3. The number of hydrogen-bond acceptors (Lipinski definition) is 2. The van der Waals surface area contributed by atoms with E-state index in [-0.39, 0.29) is 16.8 Å². The molecule has 18 heavy (non-hydrogen) atoms. The highest BCUT2D eigenvalue weighted by Crippen LogP contribution is 2.25. The van der Waals surface area contributed by atoms with Gasteiger partial charge in [0, 0.05) is 5.56 Å². The van der Waals surface area contributed by atoms with E-state index >= 15 is 0 Å². The van der Waals surface area contributed by atoms with Gasteiger partial charge < -0.3 is 5.11 Å². The zero-order valence-electron chi connectivity index (χ0n) is 9.23. The molecule has 0 atom stereocenters. The third kappa shape index (κ3) is 2.51. The molecule has 5 heteroatoms. The van der Waals surface area contributed by atoms with Crippen LogP contribution < -0.4 is 0 Å². The fourth-order valence-corrected chi connectivity index (χ4v) is 1.67. The average Bonchev–Trinajstić information content (AvgIpc) is 2.30. The van der Waals surface area contributed by atoms with Crippen molar-refractivity contribution in [2.45, 2.75) is 6.42 Å². The molecule has 1 heterocycles. The molecular formula is C13H9F2NO2. The smallest absolute Gasteiger partial charge is 0.307 e. The molecule has 0 spiro atoms. The Morgan fingerprint density at radius 3 is 2.67 bits per heavy atom. The number of nitrogens with zero attached hydrogens (tertiary/aromatic N) is 1. The largest absolute Gasteiger partial charge is 0.481 e. The van der Waals surface area contributed by atoms with E-state index in [2.05, 4.69) is 4.98 Å². The fourth-order valence-electron chi connectivity index (χ4n) is 1.67. The highest BCUT2D eigenvalue weighted by atomic mass is 19.1. The lowest BCUT2D eigenvalue weighted by atomic mass is 10.0. The number of rotatable bonds is 3. The van der Waals surface area contributed by atoms with Gasteiger partial charge in [-0.1, -0.05) is 12.1 Å². The Morgan fingerprint density at radius 1 is 1.28 bits per heavy atom. The number of carboxylic acids is 1. The number of carboxylic acid groups (broad SMARTS) is 1. The number of carbonyl (C=O) groups is 1. The van der Waals surface area contributed by atoms with E-state index in [1.54, 1.807) is 6.07 Å². The molecule has 1 aromatic carbocycles. The molecular weight excluding hydrogens is 240 g/mol. The lowest BCUT2D eigenvalue weighted by Gasteiger charge is -2.08. The van der Waals surface area contributed by atoms with Gasteiger partial charge in [-0.15, -0.1) is 0 Å². The lowest BCUT2D eigenvalue weighted by Crippen LogP contribution is -2.04. The zero-order chi connectivity index (χ0) is 13.1. The first-order chi connectivity index (χ1) is 8.58. The highest BCUT2D eigenvalue weighted by Gasteiger charge is 2.14. The highest BCUT2D eigenvalue weighted by molar-refractivity contribution is 5.75. The number of benzene rings is 1. The maximum Gasteiger partial charge on any atom is 0.307 e. The predicted octanol–water partition coefficient (Wildman–Crippen LogP) is 2.65. The first kappa shape index (κ1) is 12.2. The number of halogens is 2. The Kier molecular flexibility index (Phi) is 3.32. The number of hydrogen-bond donors (Lipinski definition) is 1. The van der Waals surface area contributed by atoms with Crippen molar-refractivity contribution in [3.8, 4) is 11.3 Å². The van der Waals surface area contributed by atoms with Gasteiger partial charge in [0.15, 0.2) is 0 Å². The van der Waals surface area contributed by atoms with Crippen molar-refractivity contribution in [2.75, 3.05) is 0 Å². The van der Waals surface area contributed by atoms with Crippen molar-refractivity contribution in [1.82, 2.24) is 4.98 Å². The molecule has 0 saturated carbocycles. The molecule has 1 N–H and O–H groups in total. The third-order valence-electron chi connectivity index (χ3n) is 2.40. The quantitative estimate of drug-likeness (QED) is 0.909. The fraction of sp³-hybridized carbons (Fsp3) is 0.0769.